The molecule has 0 bridgehead atoms. The maximum Gasteiger partial charge on any atom is 0.107 e. The Bertz CT molecular complexity index is 440. The van der Waals surface area contributed by atoms with Gasteiger partial charge >= 0.3 is 0 Å². The van der Waals surface area contributed by atoms with Crippen LogP contribution >= 0.6 is 11.3 Å². The number of aromatic nitrogens is 1. The molecular weight excluding hydrogens is 272 g/mol. The van der Waals surface area contributed by atoms with E-state index in [2.05, 4.69) is 16.8 Å². The highest BCUT2D eigenvalue weighted by Crippen LogP contribution is 2.31. The van der Waals surface area contributed by atoms with Crippen molar-refractivity contribution in [1.29, 1.82) is 0 Å². The van der Waals surface area contributed by atoms with E-state index in [1.54, 1.807) is 18.4 Å². The van der Waals surface area contributed by atoms with Crippen LogP contribution in [0, 0.1) is 0 Å². The van der Waals surface area contributed by atoms with Gasteiger partial charge in [-0.3, -0.25) is 4.90 Å². The first kappa shape index (κ1) is 15.9. The van der Waals surface area contributed by atoms with Crippen molar-refractivity contribution in [3.63, 3.8) is 0 Å². The highest BCUT2D eigenvalue weighted by Gasteiger charge is 2.26. The van der Waals surface area contributed by atoms with Gasteiger partial charge in [-0.05, 0) is 40.2 Å². The molecule has 1 atom stereocenters. The van der Waals surface area contributed by atoms with Gasteiger partial charge in [-0.2, -0.15) is 0 Å². The van der Waals surface area contributed by atoms with Crippen LogP contribution in [-0.2, 0) is 23.5 Å². The Hall–Kier alpha value is -0.490. The molecule has 0 saturated carbocycles. The minimum atomic E-state index is -0.850. The fourth-order valence-corrected chi connectivity index (χ4v) is 3.84. The van der Waals surface area contributed by atoms with Gasteiger partial charge in [0.05, 0.1) is 29.3 Å². The van der Waals surface area contributed by atoms with Crippen molar-refractivity contribution in [1.82, 2.24) is 9.88 Å². The lowest BCUT2D eigenvalue weighted by atomic mass is 10.0. The number of hydrogen-bond donors (Lipinski definition) is 1. The van der Waals surface area contributed by atoms with Gasteiger partial charge in [-0.25, -0.2) is 4.98 Å². The van der Waals surface area contributed by atoms with Crippen LogP contribution < -0.4 is 0 Å². The summed E-state index contributed by atoms with van der Waals surface area (Å²) in [7, 11) is 1.67. The monoisotopic (exact) mass is 298 g/mol. The Balaban J connectivity index is 2.15. The molecule has 1 aromatic heterocycles. The molecule has 1 unspecified atom stereocenters. The molecule has 1 N–H and O–H groups in total. The van der Waals surface area contributed by atoms with Gasteiger partial charge in [0.15, 0.2) is 0 Å². The molecule has 2 rings (SSSR count). The number of methoxy groups -OCH3 is 1. The number of aliphatic hydroxyl groups is 1. The molecule has 20 heavy (non-hydrogen) atoms. The average Bonchev–Trinajstić information content (AvgIpc) is 2.76. The first-order chi connectivity index (χ1) is 9.41. The highest BCUT2D eigenvalue weighted by atomic mass is 32.1. The van der Waals surface area contributed by atoms with E-state index >= 15 is 0 Å². The molecule has 114 valence electrons. The maximum atomic E-state index is 10.3. The summed E-state index contributed by atoms with van der Waals surface area (Å²) in [6.45, 7) is 8.42. The van der Waals surface area contributed by atoms with Crippen molar-refractivity contribution >= 4 is 11.3 Å². The van der Waals surface area contributed by atoms with Gasteiger partial charge < -0.3 is 9.84 Å². The first-order valence-corrected chi connectivity index (χ1v) is 8.18. The van der Waals surface area contributed by atoms with Gasteiger partial charge in [0.1, 0.15) is 5.01 Å². The number of nitrogens with zero attached hydrogens (tertiary/aromatic N) is 2. The van der Waals surface area contributed by atoms with Crippen molar-refractivity contribution in [2.24, 2.45) is 0 Å². The zero-order valence-electron chi connectivity index (χ0n) is 13.0. The van der Waals surface area contributed by atoms with Gasteiger partial charge in [0.2, 0.25) is 0 Å². The molecule has 1 fully saturated rings. The third-order valence-corrected chi connectivity index (χ3v) is 5.25. The van der Waals surface area contributed by atoms with Crippen molar-refractivity contribution in [2.75, 3.05) is 13.7 Å². The molecule has 0 amide bonds. The molecule has 1 saturated heterocycles. The number of thiazole rings is 1. The average molecular weight is 298 g/mol. The second kappa shape index (κ2) is 6.52. The van der Waals surface area contributed by atoms with Crippen LogP contribution in [-0.4, -0.2) is 34.7 Å². The molecule has 0 radical (unpaired) electrons. The van der Waals surface area contributed by atoms with E-state index in [9.17, 15) is 5.11 Å². The molecule has 0 aliphatic carbocycles. The second-order valence-electron chi connectivity index (χ2n) is 6.19. The van der Waals surface area contributed by atoms with E-state index < -0.39 is 5.60 Å². The molecule has 1 aliphatic heterocycles. The molecule has 2 heterocycles. The molecular formula is C15H26N2O2S. The molecule has 1 aliphatic rings. The molecule has 0 spiro atoms. The minimum Gasteiger partial charge on any atom is -0.385 e. The lowest BCUT2D eigenvalue weighted by Gasteiger charge is -2.32. The number of hydrogen-bond acceptors (Lipinski definition) is 5. The van der Waals surface area contributed by atoms with Gasteiger partial charge in [0, 0.05) is 13.2 Å². The van der Waals surface area contributed by atoms with Crippen molar-refractivity contribution < 1.29 is 9.84 Å². The Kier molecular flexibility index (Phi) is 5.18. The zero-order chi connectivity index (χ0) is 14.8. The lowest BCUT2D eigenvalue weighted by Crippen LogP contribution is -2.36. The number of ether oxygens (including phenoxy) is 1. The summed E-state index contributed by atoms with van der Waals surface area (Å²) in [5.74, 6) is 0. The third-order valence-electron chi connectivity index (χ3n) is 3.86. The summed E-state index contributed by atoms with van der Waals surface area (Å²) < 4.78 is 5.21. The second-order valence-corrected chi connectivity index (χ2v) is 7.27. The van der Waals surface area contributed by atoms with Crippen LogP contribution in [0.5, 0.6) is 0 Å². The predicted octanol–water partition coefficient (Wildman–Crippen LogP) is 2.89. The SMILES string of the molecule is COCc1nc(CN2CCCCC2C)sc1C(C)(C)O. The molecule has 1 aromatic rings. The minimum absolute atomic E-state index is 0.464. The summed E-state index contributed by atoms with van der Waals surface area (Å²) in [6.07, 6.45) is 3.88. The van der Waals surface area contributed by atoms with Gasteiger partial charge in [-0.15, -0.1) is 11.3 Å². The van der Waals surface area contributed by atoms with Crippen LogP contribution in [0.4, 0.5) is 0 Å². The topological polar surface area (TPSA) is 45.6 Å². The van der Waals surface area contributed by atoms with E-state index in [-0.39, 0.29) is 0 Å². The zero-order valence-corrected chi connectivity index (χ0v) is 13.8. The maximum absolute atomic E-state index is 10.3. The standard InChI is InChI=1S/C15H26N2O2S/c1-11-7-5-6-8-17(11)9-13-16-12(10-19-4)14(20-13)15(2,3)18/h11,18H,5-10H2,1-4H3. The fraction of sp³-hybridized carbons (Fsp3) is 0.800. The summed E-state index contributed by atoms with van der Waals surface area (Å²) >= 11 is 1.62. The number of rotatable bonds is 5. The molecule has 4 nitrogen and oxygen atoms in total. The van der Waals surface area contributed by atoms with Crippen LogP contribution in [0.15, 0.2) is 0 Å². The van der Waals surface area contributed by atoms with Crippen LogP contribution in [0.25, 0.3) is 0 Å². The quantitative estimate of drug-likeness (QED) is 0.908. The summed E-state index contributed by atoms with van der Waals surface area (Å²) in [4.78, 5) is 8.11. The first-order valence-electron chi connectivity index (χ1n) is 7.36. The number of piperidine rings is 1. The van der Waals surface area contributed by atoms with Crippen LogP contribution in [0.2, 0.25) is 0 Å². The van der Waals surface area contributed by atoms with Crippen molar-refractivity contribution in [3.8, 4) is 0 Å². The molecule has 0 aromatic carbocycles. The van der Waals surface area contributed by atoms with Crippen LogP contribution in [0.3, 0.4) is 0 Å². The van der Waals surface area contributed by atoms with E-state index in [1.807, 2.05) is 13.8 Å². The van der Waals surface area contributed by atoms with Crippen LogP contribution in [0.1, 0.15) is 55.6 Å². The largest absolute Gasteiger partial charge is 0.385 e. The fourth-order valence-electron chi connectivity index (χ4n) is 2.75. The Morgan fingerprint density at radius 2 is 2.20 bits per heavy atom. The van der Waals surface area contributed by atoms with E-state index in [0.29, 0.717) is 12.6 Å². The predicted molar refractivity (Wildman–Crippen MR) is 81.8 cm³/mol. The van der Waals surface area contributed by atoms with E-state index in [0.717, 1.165) is 28.7 Å². The number of likely N-dealkylation sites (tertiary alicyclic amines) is 1. The normalized spacial score (nSPS) is 21.4. The highest BCUT2D eigenvalue weighted by molar-refractivity contribution is 7.11. The van der Waals surface area contributed by atoms with E-state index in [1.165, 1.54) is 19.3 Å². The smallest absolute Gasteiger partial charge is 0.107 e. The Labute approximate surface area is 125 Å². The van der Waals surface area contributed by atoms with E-state index in [4.69, 9.17) is 4.74 Å². The molecule has 5 heteroatoms. The van der Waals surface area contributed by atoms with Crippen molar-refractivity contribution in [3.05, 3.63) is 15.6 Å². The third kappa shape index (κ3) is 3.79. The van der Waals surface area contributed by atoms with Gasteiger partial charge in [0.25, 0.3) is 0 Å². The Morgan fingerprint density at radius 1 is 1.45 bits per heavy atom. The Morgan fingerprint density at radius 3 is 2.80 bits per heavy atom. The summed E-state index contributed by atoms with van der Waals surface area (Å²) in [6, 6.07) is 0.629. The van der Waals surface area contributed by atoms with Crippen molar-refractivity contribution in [2.45, 2.75) is 64.8 Å². The summed E-state index contributed by atoms with van der Waals surface area (Å²) in [5, 5.41) is 11.4. The summed E-state index contributed by atoms with van der Waals surface area (Å²) in [5.41, 5.74) is 0.0294. The van der Waals surface area contributed by atoms with Gasteiger partial charge in [-0.1, -0.05) is 6.42 Å². The lowest BCUT2D eigenvalue weighted by molar-refractivity contribution is 0.0782.